The molecule has 2 aromatic rings. The normalized spacial score (nSPS) is 10.2. The Labute approximate surface area is 135 Å². The molecule has 0 spiro atoms. The van der Waals surface area contributed by atoms with Crippen LogP contribution in [0.15, 0.2) is 42.5 Å². The first-order chi connectivity index (χ1) is 10.7. The van der Waals surface area contributed by atoms with Crippen LogP contribution in [0.3, 0.4) is 0 Å². The fraction of sp³-hybridized carbons (Fsp3) is 0.250. The molecule has 0 fully saturated rings. The van der Waals surface area contributed by atoms with Crippen molar-refractivity contribution in [2.24, 2.45) is 0 Å². The molecule has 0 atom stereocenters. The molecule has 0 aliphatic rings. The summed E-state index contributed by atoms with van der Waals surface area (Å²) in [5.41, 5.74) is 6.25. The molecule has 22 heavy (non-hydrogen) atoms. The number of rotatable bonds is 5. The SMILES string of the molecule is COCCNC(=S)NNC(=O)Cc1cccc2ccccc12. The summed E-state index contributed by atoms with van der Waals surface area (Å²) in [7, 11) is 1.62. The number of fused-ring (bicyclic) bond motifs is 1. The average molecular weight is 317 g/mol. The smallest absolute Gasteiger partial charge is 0.242 e. The Morgan fingerprint density at radius 3 is 2.73 bits per heavy atom. The van der Waals surface area contributed by atoms with E-state index in [0.29, 0.717) is 18.3 Å². The second-order valence-electron chi connectivity index (χ2n) is 4.74. The molecule has 0 unspecified atom stereocenters. The summed E-state index contributed by atoms with van der Waals surface area (Å²) in [6, 6.07) is 13.9. The highest BCUT2D eigenvalue weighted by atomic mass is 32.1. The highest BCUT2D eigenvalue weighted by Crippen LogP contribution is 2.18. The second kappa shape index (κ2) is 8.31. The van der Waals surface area contributed by atoms with Crippen LogP contribution in [-0.4, -0.2) is 31.3 Å². The van der Waals surface area contributed by atoms with Gasteiger partial charge in [0.05, 0.1) is 13.0 Å². The lowest BCUT2D eigenvalue weighted by Crippen LogP contribution is -2.47. The summed E-state index contributed by atoms with van der Waals surface area (Å²) in [6.45, 7) is 1.13. The first-order valence-electron chi connectivity index (χ1n) is 6.99. The predicted molar refractivity (Wildman–Crippen MR) is 91.4 cm³/mol. The minimum absolute atomic E-state index is 0.146. The lowest BCUT2D eigenvalue weighted by Gasteiger charge is -2.12. The maximum Gasteiger partial charge on any atom is 0.242 e. The van der Waals surface area contributed by atoms with Gasteiger partial charge in [-0.25, -0.2) is 0 Å². The van der Waals surface area contributed by atoms with E-state index in [2.05, 4.69) is 16.2 Å². The van der Waals surface area contributed by atoms with Crippen molar-refractivity contribution in [3.63, 3.8) is 0 Å². The Morgan fingerprint density at radius 2 is 1.91 bits per heavy atom. The van der Waals surface area contributed by atoms with E-state index in [1.807, 2.05) is 42.5 Å². The number of ether oxygens (including phenoxy) is 1. The quantitative estimate of drug-likeness (QED) is 0.443. The lowest BCUT2D eigenvalue weighted by atomic mass is 10.0. The first kappa shape index (κ1) is 16.2. The van der Waals surface area contributed by atoms with Gasteiger partial charge >= 0.3 is 0 Å². The van der Waals surface area contributed by atoms with E-state index in [4.69, 9.17) is 17.0 Å². The zero-order valence-electron chi connectivity index (χ0n) is 12.4. The monoisotopic (exact) mass is 317 g/mol. The Bertz CT molecular complexity index is 655. The number of nitrogens with one attached hydrogen (secondary N) is 3. The van der Waals surface area contributed by atoms with Gasteiger partial charge in [0.2, 0.25) is 5.91 Å². The Morgan fingerprint density at radius 1 is 1.14 bits per heavy atom. The van der Waals surface area contributed by atoms with Crippen LogP contribution in [-0.2, 0) is 16.0 Å². The van der Waals surface area contributed by atoms with Crippen molar-refractivity contribution in [3.05, 3.63) is 48.0 Å². The van der Waals surface area contributed by atoms with E-state index >= 15 is 0 Å². The highest BCUT2D eigenvalue weighted by Gasteiger charge is 2.06. The van der Waals surface area contributed by atoms with E-state index in [9.17, 15) is 4.79 Å². The zero-order valence-corrected chi connectivity index (χ0v) is 13.2. The predicted octanol–water partition coefficient (Wildman–Crippen LogP) is 1.52. The van der Waals surface area contributed by atoms with Crippen LogP contribution < -0.4 is 16.2 Å². The molecule has 2 aromatic carbocycles. The van der Waals surface area contributed by atoms with Crippen LogP contribution >= 0.6 is 12.2 Å². The maximum atomic E-state index is 12.0. The summed E-state index contributed by atoms with van der Waals surface area (Å²) in [5.74, 6) is -0.146. The van der Waals surface area contributed by atoms with Gasteiger partial charge in [-0.05, 0) is 28.6 Å². The molecule has 0 aliphatic heterocycles. The van der Waals surface area contributed by atoms with Gasteiger partial charge in [0.25, 0.3) is 0 Å². The fourth-order valence-corrected chi connectivity index (χ4v) is 2.25. The number of thiocarbonyl (C=S) groups is 1. The molecule has 6 heteroatoms. The van der Waals surface area contributed by atoms with E-state index in [-0.39, 0.29) is 12.3 Å². The van der Waals surface area contributed by atoms with E-state index < -0.39 is 0 Å². The maximum absolute atomic E-state index is 12.0. The van der Waals surface area contributed by atoms with Crippen LogP contribution in [0.2, 0.25) is 0 Å². The molecule has 1 amide bonds. The topological polar surface area (TPSA) is 62.4 Å². The number of hydrogen-bond donors (Lipinski definition) is 3. The van der Waals surface area contributed by atoms with Crippen molar-refractivity contribution in [1.29, 1.82) is 0 Å². The molecule has 0 heterocycles. The fourth-order valence-electron chi connectivity index (χ4n) is 2.10. The third kappa shape index (κ3) is 4.68. The summed E-state index contributed by atoms with van der Waals surface area (Å²) >= 11 is 5.03. The molecule has 0 aromatic heterocycles. The molecule has 2 rings (SSSR count). The van der Waals surface area contributed by atoms with Crippen molar-refractivity contribution < 1.29 is 9.53 Å². The third-order valence-electron chi connectivity index (χ3n) is 3.14. The number of hydrogen-bond acceptors (Lipinski definition) is 3. The van der Waals surface area contributed by atoms with Crippen molar-refractivity contribution in [2.45, 2.75) is 6.42 Å². The molecule has 0 aliphatic carbocycles. The number of hydrazine groups is 1. The van der Waals surface area contributed by atoms with Gasteiger partial charge < -0.3 is 10.1 Å². The van der Waals surface area contributed by atoms with Crippen molar-refractivity contribution >= 4 is 34.0 Å². The van der Waals surface area contributed by atoms with Gasteiger partial charge in [0, 0.05) is 13.7 Å². The summed E-state index contributed by atoms with van der Waals surface area (Å²) < 4.78 is 4.90. The van der Waals surface area contributed by atoms with Crippen LogP contribution in [0.5, 0.6) is 0 Å². The second-order valence-corrected chi connectivity index (χ2v) is 5.15. The number of methoxy groups -OCH3 is 1. The molecular weight excluding hydrogens is 298 g/mol. The Hall–Kier alpha value is -2.18. The molecular formula is C16H19N3O2S. The van der Waals surface area contributed by atoms with Gasteiger partial charge in [0.15, 0.2) is 5.11 Å². The number of carbonyl (C=O) groups excluding carboxylic acids is 1. The first-order valence-corrected chi connectivity index (χ1v) is 7.40. The summed E-state index contributed by atoms with van der Waals surface area (Å²) in [5, 5.41) is 5.48. The molecule has 0 bridgehead atoms. The summed E-state index contributed by atoms with van der Waals surface area (Å²) in [6.07, 6.45) is 0.287. The average Bonchev–Trinajstić information content (AvgIpc) is 2.54. The van der Waals surface area contributed by atoms with Crippen LogP contribution in [0.25, 0.3) is 10.8 Å². The van der Waals surface area contributed by atoms with E-state index in [1.165, 1.54) is 0 Å². The highest BCUT2D eigenvalue weighted by molar-refractivity contribution is 7.80. The van der Waals surface area contributed by atoms with Crippen LogP contribution in [0.4, 0.5) is 0 Å². The zero-order chi connectivity index (χ0) is 15.8. The van der Waals surface area contributed by atoms with Crippen LogP contribution in [0.1, 0.15) is 5.56 Å². The van der Waals surface area contributed by atoms with Gasteiger partial charge in [-0.15, -0.1) is 0 Å². The standard InChI is InChI=1S/C16H19N3O2S/c1-21-10-9-17-16(22)19-18-15(20)11-13-7-4-6-12-5-2-3-8-14(12)13/h2-8H,9-11H2,1H3,(H,18,20)(H2,17,19,22). The number of amides is 1. The lowest BCUT2D eigenvalue weighted by molar-refractivity contribution is -0.120. The van der Waals surface area contributed by atoms with Gasteiger partial charge in [-0.3, -0.25) is 15.6 Å². The van der Waals surface area contributed by atoms with Gasteiger partial charge in [-0.2, -0.15) is 0 Å². The van der Waals surface area contributed by atoms with Crippen molar-refractivity contribution in [1.82, 2.24) is 16.2 Å². The van der Waals surface area contributed by atoms with Crippen LogP contribution in [0, 0.1) is 0 Å². The molecule has 0 saturated carbocycles. The van der Waals surface area contributed by atoms with Gasteiger partial charge in [-0.1, -0.05) is 42.5 Å². The minimum atomic E-state index is -0.146. The summed E-state index contributed by atoms with van der Waals surface area (Å²) in [4.78, 5) is 12.0. The molecule has 116 valence electrons. The van der Waals surface area contributed by atoms with Crippen molar-refractivity contribution in [2.75, 3.05) is 20.3 Å². The van der Waals surface area contributed by atoms with Crippen molar-refractivity contribution in [3.8, 4) is 0 Å². The minimum Gasteiger partial charge on any atom is -0.383 e. The molecule has 0 saturated heterocycles. The van der Waals surface area contributed by atoms with E-state index in [1.54, 1.807) is 7.11 Å². The van der Waals surface area contributed by atoms with E-state index in [0.717, 1.165) is 16.3 Å². The Kier molecular flexibility index (Phi) is 6.12. The largest absolute Gasteiger partial charge is 0.383 e. The Balaban J connectivity index is 1.87. The van der Waals surface area contributed by atoms with Gasteiger partial charge in [0.1, 0.15) is 0 Å². The third-order valence-corrected chi connectivity index (χ3v) is 3.38. The number of benzene rings is 2. The molecule has 5 nitrogen and oxygen atoms in total. The molecule has 3 N–H and O–H groups in total. The number of carbonyl (C=O) groups is 1. The molecule has 0 radical (unpaired) electrons.